The first-order valence-corrected chi connectivity index (χ1v) is 10.3. The average molecular weight is 422 g/mol. The molecule has 4 N–H and O–H groups in total. The molecule has 3 aromatic rings. The molecular formula is C22H26N6O3. The lowest BCUT2D eigenvalue weighted by Gasteiger charge is -2.16. The smallest absolute Gasteiger partial charge is 0.255 e. The highest BCUT2D eigenvalue weighted by atomic mass is 16.5. The van der Waals surface area contributed by atoms with Crippen LogP contribution >= 0.6 is 0 Å². The first-order chi connectivity index (χ1) is 14.9. The van der Waals surface area contributed by atoms with E-state index in [1.54, 1.807) is 18.5 Å². The summed E-state index contributed by atoms with van der Waals surface area (Å²) in [4.78, 5) is 25.5. The van der Waals surface area contributed by atoms with Gasteiger partial charge in [0.15, 0.2) is 6.29 Å². The lowest BCUT2D eigenvalue weighted by atomic mass is 10.2. The van der Waals surface area contributed by atoms with Gasteiger partial charge in [-0.2, -0.15) is 0 Å². The van der Waals surface area contributed by atoms with Gasteiger partial charge in [0.05, 0.1) is 29.5 Å². The molecule has 0 bridgehead atoms. The van der Waals surface area contributed by atoms with Crippen molar-refractivity contribution in [3.05, 3.63) is 70.2 Å². The van der Waals surface area contributed by atoms with E-state index in [9.17, 15) is 15.0 Å². The molecular weight excluding hydrogens is 396 g/mol. The van der Waals surface area contributed by atoms with Crippen LogP contribution in [0.2, 0.25) is 0 Å². The molecule has 9 nitrogen and oxygen atoms in total. The fourth-order valence-corrected chi connectivity index (χ4v) is 3.75. The van der Waals surface area contributed by atoms with Crippen LogP contribution in [0, 0.1) is 13.8 Å². The summed E-state index contributed by atoms with van der Waals surface area (Å²) in [6.07, 6.45) is 6.10. The summed E-state index contributed by atoms with van der Waals surface area (Å²) in [7, 11) is 0. The molecule has 1 aliphatic rings. The predicted molar refractivity (Wildman–Crippen MR) is 117 cm³/mol. The summed E-state index contributed by atoms with van der Waals surface area (Å²) in [5, 5.41) is 25.6. The third-order valence-corrected chi connectivity index (χ3v) is 5.59. The molecule has 1 fully saturated rings. The minimum Gasteiger partial charge on any atom is -0.367 e. The molecule has 0 unspecified atom stereocenters. The van der Waals surface area contributed by atoms with Crippen LogP contribution in [-0.2, 0) is 0 Å². The largest absolute Gasteiger partial charge is 0.367 e. The number of pyridine rings is 2. The molecule has 3 heterocycles. The molecule has 162 valence electrons. The van der Waals surface area contributed by atoms with Crippen molar-refractivity contribution >= 4 is 11.6 Å². The predicted octanol–water partition coefficient (Wildman–Crippen LogP) is 2.07. The van der Waals surface area contributed by atoms with Crippen LogP contribution in [0.5, 0.6) is 0 Å². The van der Waals surface area contributed by atoms with Gasteiger partial charge in [-0.3, -0.25) is 14.3 Å². The zero-order chi connectivity index (χ0) is 22.0. The Kier molecular flexibility index (Phi) is 5.97. The third-order valence-electron chi connectivity index (χ3n) is 5.59. The second kappa shape index (κ2) is 8.83. The van der Waals surface area contributed by atoms with Crippen molar-refractivity contribution in [3.63, 3.8) is 0 Å². The Labute approximate surface area is 179 Å². The Bertz CT molecular complexity index is 1110. The van der Waals surface area contributed by atoms with E-state index in [4.69, 9.17) is 0 Å². The fraction of sp³-hybridized carbons (Fsp3) is 0.364. The zero-order valence-electron chi connectivity index (χ0n) is 17.5. The highest BCUT2D eigenvalue weighted by Gasteiger charge is 2.25. The van der Waals surface area contributed by atoms with E-state index in [0.29, 0.717) is 11.7 Å². The SMILES string of the molecule is Cc1ncc(N[C@H]2CC[C@H](Nc3ccc(-n4cc(C(O)O)ccc4=O)cn3)C2)nc1C. The topological polar surface area (TPSA) is 125 Å². The van der Waals surface area contributed by atoms with E-state index >= 15 is 0 Å². The molecule has 1 aliphatic carbocycles. The first-order valence-electron chi connectivity index (χ1n) is 10.3. The van der Waals surface area contributed by atoms with Gasteiger partial charge in [0.25, 0.3) is 5.56 Å². The van der Waals surface area contributed by atoms with Gasteiger partial charge in [-0.25, -0.2) is 9.97 Å². The van der Waals surface area contributed by atoms with Crippen molar-refractivity contribution in [2.24, 2.45) is 0 Å². The molecule has 0 saturated heterocycles. The molecule has 4 rings (SSSR count). The normalized spacial score (nSPS) is 18.4. The standard InChI is InChI=1S/C22H26N6O3/c1-13-14(2)25-20(11-23-13)27-17-5-4-16(9-17)26-19-7-6-18(10-24-19)28-12-15(22(30)31)3-8-21(28)29/h3,6-8,10-12,16-17,22,30-31H,4-5,9H2,1-2H3,(H,24,26)(H,25,27)/t16-,17-/m0/s1. The summed E-state index contributed by atoms with van der Waals surface area (Å²) in [6.45, 7) is 3.90. The molecule has 1 saturated carbocycles. The van der Waals surface area contributed by atoms with Crippen LogP contribution in [0.4, 0.5) is 11.6 Å². The van der Waals surface area contributed by atoms with Crippen LogP contribution in [0.3, 0.4) is 0 Å². The molecule has 2 atom stereocenters. The molecule has 0 amide bonds. The molecule has 0 spiro atoms. The lowest BCUT2D eigenvalue weighted by molar-refractivity contribution is -0.0428. The van der Waals surface area contributed by atoms with Crippen molar-refractivity contribution < 1.29 is 10.2 Å². The summed E-state index contributed by atoms with van der Waals surface area (Å²) >= 11 is 0. The van der Waals surface area contributed by atoms with Gasteiger partial charge in [-0.05, 0) is 51.3 Å². The minimum atomic E-state index is -1.64. The average Bonchev–Trinajstić information content (AvgIpc) is 3.18. The van der Waals surface area contributed by atoms with E-state index < -0.39 is 6.29 Å². The monoisotopic (exact) mass is 422 g/mol. The van der Waals surface area contributed by atoms with Crippen LogP contribution in [0.25, 0.3) is 5.69 Å². The van der Waals surface area contributed by atoms with E-state index in [0.717, 1.165) is 42.3 Å². The molecule has 3 aromatic heterocycles. The van der Waals surface area contributed by atoms with Crippen LogP contribution in [0.15, 0.2) is 47.7 Å². The fourth-order valence-electron chi connectivity index (χ4n) is 3.75. The van der Waals surface area contributed by atoms with Gasteiger partial charge in [0, 0.05) is 29.9 Å². The number of aliphatic hydroxyl groups is 2. The van der Waals surface area contributed by atoms with Crippen molar-refractivity contribution in [2.45, 2.75) is 51.5 Å². The summed E-state index contributed by atoms with van der Waals surface area (Å²) in [5.41, 5.74) is 2.39. The van der Waals surface area contributed by atoms with Gasteiger partial charge < -0.3 is 20.8 Å². The number of aromatic nitrogens is 4. The van der Waals surface area contributed by atoms with Gasteiger partial charge in [-0.15, -0.1) is 0 Å². The number of nitrogens with one attached hydrogen (secondary N) is 2. The van der Waals surface area contributed by atoms with Crippen molar-refractivity contribution in [3.8, 4) is 5.69 Å². The highest BCUT2D eigenvalue weighted by molar-refractivity contribution is 5.43. The summed E-state index contributed by atoms with van der Waals surface area (Å²) < 4.78 is 1.34. The van der Waals surface area contributed by atoms with Gasteiger partial charge in [0.1, 0.15) is 11.6 Å². The number of hydrogen-bond acceptors (Lipinski definition) is 8. The molecule has 0 radical (unpaired) electrons. The van der Waals surface area contributed by atoms with E-state index in [1.807, 2.05) is 19.9 Å². The van der Waals surface area contributed by atoms with Crippen LogP contribution in [0.1, 0.15) is 42.5 Å². The van der Waals surface area contributed by atoms with Crippen molar-refractivity contribution in [1.29, 1.82) is 0 Å². The first kappa shape index (κ1) is 21.0. The molecule has 0 aliphatic heterocycles. The minimum absolute atomic E-state index is 0.236. The van der Waals surface area contributed by atoms with Gasteiger partial charge in [-0.1, -0.05) is 0 Å². The second-order valence-corrected chi connectivity index (χ2v) is 7.87. The van der Waals surface area contributed by atoms with Crippen LogP contribution < -0.4 is 16.2 Å². The van der Waals surface area contributed by atoms with E-state index in [2.05, 4.69) is 25.6 Å². The maximum absolute atomic E-state index is 12.1. The van der Waals surface area contributed by atoms with E-state index in [-0.39, 0.29) is 17.2 Å². The zero-order valence-corrected chi connectivity index (χ0v) is 17.5. The number of hydrogen-bond donors (Lipinski definition) is 4. The molecule has 31 heavy (non-hydrogen) atoms. The third kappa shape index (κ3) is 4.89. The number of aryl methyl sites for hydroxylation is 2. The number of nitrogens with zero attached hydrogens (tertiary/aromatic N) is 4. The number of aliphatic hydroxyl groups excluding tert-OH is 1. The number of rotatable bonds is 6. The highest BCUT2D eigenvalue weighted by Crippen LogP contribution is 2.25. The molecule has 9 heteroatoms. The van der Waals surface area contributed by atoms with Crippen LogP contribution in [-0.4, -0.2) is 41.8 Å². The van der Waals surface area contributed by atoms with Gasteiger partial charge >= 0.3 is 0 Å². The van der Waals surface area contributed by atoms with Crippen molar-refractivity contribution in [2.75, 3.05) is 10.6 Å². The Morgan fingerprint density at radius 2 is 1.71 bits per heavy atom. The summed E-state index contributed by atoms with van der Waals surface area (Å²) in [5.74, 6) is 1.53. The Morgan fingerprint density at radius 1 is 0.968 bits per heavy atom. The van der Waals surface area contributed by atoms with E-state index in [1.165, 1.54) is 22.9 Å². The second-order valence-electron chi connectivity index (χ2n) is 7.87. The maximum atomic E-state index is 12.1. The van der Waals surface area contributed by atoms with Crippen molar-refractivity contribution in [1.82, 2.24) is 19.5 Å². The Balaban J connectivity index is 1.38. The summed E-state index contributed by atoms with van der Waals surface area (Å²) in [6, 6.07) is 6.89. The number of anilines is 2. The van der Waals surface area contributed by atoms with Gasteiger partial charge in [0.2, 0.25) is 0 Å². The Hall–Kier alpha value is -3.30. The molecule has 0 aromatic carbocycles. The quantitative estimate of drug-likeness (QED) is 0.445. The lowest BCUT2D eigenvalue weighted by Crippen LogP contribution is -2.22. The Morgan fingerprint density at radius 3 is 2.35 bits per heavy atom. The maximum Gasteiger partial charge on any atom is 0.255 e.